The number of hydrogen-bond acceptors (Lipinski definition) is 0. The van der Waals surface area contributed by atoms with Gasteiger partial charge >= 0.3 is 0 Å². The molecule has 0 aromatic heterocycles. The minimum Gasteiger partial charge on any atom is -0.233 e. The molecule has 1 aromatic rings. The molecule has 1 nitrogen and oxygen atoms in total. The third-order valence-electron chi connectivity index (χ3n) is 1.09. The average Bonchev–Trinajstić information content (AvgIpc) is 1.85. The summed E-state index contributed by atoms with van der Waals surface area (Å²) in [5.41, 5.74) is -0.130. The second-order valence-corrected chi connectivity index (χ2v) is 3.15. The van der Waals surface area contributed by atoms with Crippen LogP contribution < -0.4 is 0 Å². The summed E-state index contributed by atoms with van der Waals surface area (Å²) in [4.78, 5) is 2.93. The fraction of sp³-hybridized carbons (Fsp3) is 0. The standard InChI is InChI=1S/C7H2BrClFN/c1-11-7-5(9)2-4(8)3-6(7)10/h2-3H. The van der Waals surface area contributed by atoms with E-state index < -0.39 is 5.82 Å². The van der Waals surface area contributed by atoms with Gasteiger partial charge in [0.1, 0.15) is 5.82 Å². The number of rotatable bonds is 0. The molecule has 4 heteroatoms. The first kappa shape index (κ1) is 8.51. The summed E-state index contributed by atoms with van der Waals surface area (Å²) in [5.74, 6) is -0.598. The van der Waals surface area contributed by atoms with E-state index in [1.54, 1.807) is 0 Å². The van der Waals surface area contributed by atoms with Crippen LogP contribution in [0.5, 0.6) is 0 Å². The SMILES string of the molecule is [C-]#[N+]c1c(F)cc(Br)cc1Cl. The average molecular weight is 234 g/mol. The maximum absolute atomic E-state index is 12.8. The van der Waals surface area contributed by atoms with Gasteiger partial charge in [0.2, 0.25) is 5.69 Å². The Morgan fingerprint density at radius 3 is 2.64 bits per heavy atom. The predicted molar refractivity (Wildman–Crippen MR) is 45.4 cm³/mol. The molecule has 0 aliphatic carbocycles. The van der Waals surface area contributed by atoms with Crippen molar-refractivity contribution < 1.29 is 4.39 Å². The molecule has 0 saturated carbocycles. The quantitative estimate of drug-likeness (QED) is 0.602. The first-order chi connectivity index (χ1) is 5.15. The summed E-state index contributed by atoms with van der Waals surface area (Å²) >= 11 is 8.60. The highest BCUT2D eigenvalue weighted by molar-refractivity contribution is 9.10. The van der Waals surface area contributed by atoms with Gasteiger partial charge in [0.25, 0.3) is 0 Å². The zero-order chi connectivity index (χ0) is 8.43. The normalized spacial score (nSPS) is 9.27. The molecule has 56 valence electrons. The highest BCUT2D eigenvalue weighted by Crippen LogP contribution is 2.31. The van der Waals surface area contributed by atoms with Gasteiger partial charge in [0, 0.05) is 4.47 Å². The molecule has 0 N–H and O–H groups in total. The molecule has 0 amide bonds. The maximum Gasteiger partial charge on any atom is 0.240 e. The van der Waals surface area contributed by atoms with Crippen LogP contribution in [0.1, 0.15) is 0 Å². The van der Waals surface area contributed by atoms with Gasteiger partial charge in [-0.15, -0.1) is 0 Å². The summed E-state index contributed by atoms with van der Waals surface area (Å²) in [6.07, 6.45) is 0. The Hall–Kier alpha value is -0.590. The van der Waals surface area contributed by atoms with Crippen molar-refractivity contribution in [2.45, 2.75) is 0 Å². The van der Waals surface area contributed by atoms with Crippen LogP contribution in [0.15, 0.2) is 16.6 Å². The van der Waals surface area contributed by atoms with Gasteiger partial charge in [-0.2, -0.15) is 0 Å². The molecule has 0 atom stereocenters. The van der Waals surface area contributed by atoms with Gasteiger partial charge in [0.15, 0.2) is 0 Å². The second kappa shape index (κ2) is 3.21. The summed E-state index contributed by atoms with van der Waals surface area (Å²) in [5, 5.41) is 0.131. The van der Waals surface area contributed by atoms with Crippen molar-refractivity contribution >= 4 is 33.2 Å². The van der Waals surface area contributed by atoms with E-state index >= 15 is 0 Å². The zero-order valence-electron chi connectivity index (χ0n) is 5.24. The van der Waals surface area contributed by atoms with Crippen molar-refractivity contribution in [3.8, 4) is 0 Å². The molecule has 1 rings (SSSR count). The van der Waals surface area contributed by atoms with Crippen LogP contribution in [0.25, 0.3) is 4.85 Å². The lowest BCUT2D eigenvalue weighted by Gasteiger charge is -1.96. The number of halogens is 3. The molecule has 0 unspecified atom stereocenters. The van der Waals surface area contributed by atoms with Crippen molar-refractivity contribution in [2.75, 3.05) is 0 Å². The summed E-state index contributed by atoms with van der Waals surface area (Å²) < 4.78 is 13.3. The Morgan fingerprint density at radius 2 is 2.18 bits per heavy atom. The van der Waals surface area contributed by atoms with E-state index in [0.29, 0.717) is 4.47 Å². The lowest BCUT2D eigenvalue weighted by atomic mass is 10.3. The van der Waals surface area contributed by atoms with E-state index in [4.69, 9.17) is 18.2 Å². The lowest BCUT2D eigenvalue weighted by molar-refractivity contribution is 0.633. The minimum atomic E-state index is -0.598. The summed E-state index contributed by atoms with van der Waals surface area (Å²) in [6.45, 7) is 6.58. The second-order valence-electron chi connectivity index (χ2n) is 1.83. The van der Waals surface area contributed by atoms with Crippen molar-refractivity contribution in [2.24, 2.45) is 0 Å². The van der Waals surface area contributed by atoms with E-state index in [9.17, 15) is 4.39 Å². The highest BCUT2D eigenvalue weighted by atomic mass is 79.9. The van der Waals surface area contributed by atoms with Crippen LogP contribution in [0.2, 0.25) is 5.02 Å². The Morgan fingerprint density at radius 1 is 1.55 bits per heavy atom. The minimum absolute atomic E-state index is 0.130. The van der Waals surface area contributed by atoms with Crippen molar-refractivity contribution in [1.82, 2.24) is 0 Å². The molecule has 1 aromatic carbocycles. The van der Waals surface area contributed by atoms with Gasteiger partial charge in [-0.3, -0.25) is 0 Å². The third kappa shape index (κ3) is 1.70. The third-order valence-corrected chi connectivity index (χ3v) is 1.84. The van der Waals surface area contributed by atoms with Crippen LogP contribution >= 0.6 is 27.5 Å². The van der Waals surface area contributed by atoms with Gasteiger partial charge < -0.3 is 0 Å². The molecular formula is C7H2BrClFN. The van der Waals surface area contributed by atoms with Crippen molar-refractivity contribution in [3.05, 3.63) is 38.9 Å². The monoisotopic (exact) mass is 233 g/mol. The molecule has 0 bridgehead atoms. The topological polar surface area (TPSA) is 4.36 Å². The highest BCUT2D eigenvalue weighted by Gasteiger charge is 2.07. The lowest BCUT2D eigenvalue weighted by Crippen LogP contribution is -1.75. The zero-order valence-corrected chi connectivity index (χ0v) is 7.58. The van der Waals surface area contributed by atoms with Gasteiger partial charge in [-0.1, -0.05) is 27.5 Å². The summed E-state index contributed by atoms with van der Waals surface area (Å²) in [7, 11) is 0. The molecule has 0 spiro atoms. The Bertz CT molecular complexity index is 309. The van der Waals surface area contributed by atoms with Gasteiger partial charge in [0.05, 0.1) is 11.6 Å². The Labute approximate surface area is 76.7 Å². The predicted octanol–water partition coefficient (Wildman–Crippen LogP) is 3.79. The number of nitrogens with zero attached hydrogens (tertiary/aromatic N) is 1. The van der Waals surface area contributed by atoms with E-state index in [-0.39, 0.29) is 10.7 Å². The Kier molecular flexibility index (Phi) is 2.48. The number of benzene rings is 1. The van der Waals surface area contributed by atoms with Crippen LogP contribution in [0.4, 0.5) is 10.1 Å². The molecule has 0 radical (unpaired) electrons. The first-order valence-corrected chi connectivity index (χ1v) is 3.84. The smallest absolute Gasteiger partial charge is 0.233 e. The van der Waals surface area contributed by atoms with Crippen molar-refractivity contribution in [3.63, 3.8) is 0 Å². The maximum atomic E-state index is 12.8. The molecule has 0 fully saturated rings. The summed E-state index contributed by atoms with van der Waals surface area (Å²) in [6, 6.07) is 2.69. The van der Waals surface area contributed by atoms with E-state index in [1.165, 1.54) is 12.1 Å². The van der Waals surface area contributed by atoms with Crippen molar-refractivity contribution in [1.29, 1.82) is 0 Å². The Balaban J connectivity index is 3.40. The van der Waals surface area contributed by atoms with Crippen LogP contribution in [0.3, 0.4) is 0 Å². The molecule has 0 aliphatic heterocycles. The number of hydrogen-bond donors (Lipinski definition) is 0. The fourth-order valence-electron chi connectivity index (χ4n) is 0.641. The molecular weight excluding hydrogens is 232 g/mol. The molecule has 11 heavy (non-hydrogen) atoms. The van der Waals surface area contributed by atoms with Crippen LogP contribution in [-0.2, 0) is 0 Å². The van der Waals surface area contributed by atoms with Crippen LogP contribution in [-0.4, -0.2) is 0 Å². The van der Waals surface area contributed by atoms with E-state index in [1.807, 2.05) is 0 Å². The van der Waals surface area contributed by atoms with Gasteiger partial charge in [-0.05, 0) is 12.1 Å². The molecule has 0 saturated heterocycles. The van der Waals surface area contributed by atoms with Crippen LogP contribution in [0, 0.1) is 12.4 Å². The van der Waals surface area contributed by atoms with E-state index in [2.05, 4.69) is 20.8 Å². The van der Waals surface area contributed by atoms with E-state index in [0.717, 1.165) is 0 Å². The largest absolute Gasteiger partial charge is 0.240 e. The molecule has 0 aliphatic rings. The van der Waals surface area contributed by atoms with Gasteiger partial charge in [-0.25, -0.2) is 9.24 Å². The first-order valence-electron chi connectivity index (χ1n) is 2.67. The molecule has 0 heterocycles. The fourth-order valence-corrected chi connectivity index (χ4v) is 1.45.